The molecule has 0 amide bonds. The maximum atomic E-state index is 6.16. The molecule has 1 atom stereocenters. The van der Waals surface area contributed by atoms with Gasteiger partial charge in [0.05, 0.1) is 0 Å². The number of nitrogen functional groups attached to an aromatic ring is 1. The minimum atomic E-state index is -0.0573. The van der Waals surface area contributed by atoms with Crippen LogP contribution in [-0.4, -0.2) is 0 Å². The Bertz CT molecular complexity index is 308. The first-order valence-corrected chi connectivity index (χ1v) is 5.43. The van der Waals surface area contributed by atoms with Gasteiger partial charge in [0.25, 0.3) is 0 Å². The quantitative estimate of drug-likeness (QED) is 0.759. The van der Waals surface area contributed by atoms with Gasteiger partial charge in [0.2, 0.25) is 0 Å². The van der Waals surface area contributed by atoms with E-state index in [-0.39, 0.29) is 11.5 Å². The van der Waals surface area contributed by atoms with Gasteiger partial charge in [-0.3, -0.25) is 0 Å². The van der Waals surface area contributed by atoms with Crippen LogP contribution in [0.4, 0.5) is 5.69 Å². The molecule has 0 aliphatic carbocycles. The lowest BCUT2D eigenvalue weighted by Crippen LogP contribution is -2.27. The van der Waals surface area contributed by atoms with Crippen LogP contribution in [0.25, 0.3) is 0 Å². The predicted octanol–water partition coefficient (Wildman–Crippen LogP) is 3.08. The fourth-order valence-corrected chi connectivity index (χ4v) is 1.94. The maximum Gasteiger partial charge on any atom is 0.0375 e. The molecule has 0 aliphatic heterocycles. The van der Waals surface area contributed by atoms with Crippen LogP contribution in [0.5, 0.6) is 0 Å². The molecule has 1 aromatic carbocycles. The van der Waals surface area contributed by atoms with E-state index >= 15 is 0 Å². The van der Waals surface area contributed by atoms with E-state index in [1.165, 1.54) is 0 Å². The summed E-state index contributed by atoms with van der Waals surface area (Å²) in [6.07, 6.45) is 0. The van der Waals surface area contributed by atoms with E-state index in [1.807, 2.05) is 18.2 Å². The van der Waals surface area contributed by atoms with Gasteiger partial charge in [-0.1, -0.05) is 42.8 Å². The third-order valence-electron chi connectivity index (χ3n) is 2.33. The highest BCUT2D eigenvalue weighted by atomic mass is 79.9. The molecule has 0 aromatic heterocycles. The van der Waals surface area contributed by atoms with E-state index in [0.717, 1.165) is 15.7 Å². The van der Waals surface area contributed by atoms with Crippen LogP contribution in [0.1, 0.15) is 32.4 Å². The number of halogens is 1. The second kappa shape index (κ2) is 3.91. The molecule has 0 radical (unpaired) electrons. The second-order valence-electron chi connectivity index (χ2n) is 4.59. The van der Waals surface area contributed by atoms with E-state index in [4.69, 9.17) is 11.5 Å². The van der Waals surface area contributed by atoms with Crippen molar-refractivity contribution in [1.82, 2.24) is 0 Å². The van der Waals surface area contributed by atoms with E-state index in [2.05, 4.69) is 36.7 Å². The van der Waals surface area contributed by atoms with Crippen molar-refractivity contribution in [3.05, 3.63) is 28.2 Å². The van der Waals surface area contributed by atoms with Crippen LogP contribution in [0.3, 0.4) is 0 Å². The van der Waals surface area contributed by atoms with Crippen molar-refractivity contribution in [1.29, 1.82) is 0 Å². The molecule has 1 rings (SSSR count). The summed E-state index contributed by atoms with van der Waals surface area (Å²) in [6.45, 7) is 6.32. The fourth-order valence-electron chi connectivity index (χ4n) is 1.31. The summed E-state index contributed by atoms with van der Waals surface area (Å²) in [4.78, 5) is 0. The van der Waals surface area contributed by atoms with Gasteiger partial charge in [-0.15, -0.1) is 0 Å². The Hall–Kier alpha value is -0.540. The van der Waals surface area contributed by atoms with Crippen molar-refractivity contribution in [2.45, 2.75) is 26.8 Å². The first-order chi connectivity index (χ1) is 6.34. The van der Waals surface area contributed by atoms with Crippen LogP contribution in [-0.2, 0) is 0 Å². The highest BCUT2D eigenvalue weighted by Gasteiger charge is 2.25. The zero-order valence-electron chi connectivity index (χ0n) is 8.84. The van der Waals surface area contributed by atoms with Crippen LogP contribution < -0.4 is 11.5 Å². The summed E-state index contributed by atoms with van der Waals surface area (Å²) >= 11 is 3.48. The van der Waals surface area contributed by atoms with Crippen molar-refractivity contribution in [3.63, 3.8) is 0 Å². The Kier molecular flexibility index (Phi) is 3.22. The molecule has 0 unspecified atom stereocenters. The van der Waals surface area contributed by atoms with E-state index in [9.17, 15) is 0 Å². The fraction of sp³-hybridized carbons (Fsp3) is 0.455. The van der Waals surface area contributed by atoms with Crippen molar-refractivity contribution in [2.24, 2.45) is 11.1 Å². The maximum absolute atomic E-state index is 6.16. The van der Waals surface area contributed by atoms with Gasteiger partial charge in [-0.2, -0.15) is 0 Å². The first kappa shape index (κ1) is 11.5. The van der Waals surface area contributed by atoms with Crippen LogP contribution in [0.2, 0.25) is 0 Å². The lowest BCUT2D eigenvalue weighted by molar-refractivity contribution is 0.327. The molecular weight excluding hydrogens is 240 g/mol. The molecule has 0 aliphatic rings. The van der Waals surface area contributed by atoms with Gasteiger partial charge in [0, 0.05) is 21.8 Å². The number of benzene rings is 1. The third kappa shape index (κ3) is 2.28. The minimum absolute atomic E-state index is 0.0119. The van der Waals surface area contributed by atoms with Gasteiger partial charge in [0.1, 0.15) is 0 Å². The Morgan fingerprint density at radius 3 is 2.29 bits per heavy atom. The van der Waals surface area contributed by atoms with Gasteiger partial charge in [0.15, 0.2) is 0 Å². The second-order valence-corrected chi connectivity index (χ2v) is 5.44. The normalized spacial score (nSPS) is 14.1. The molecule has 0 heterocycles. The molecule has 14 heavy (non-hydrogen) atoms. The number of rotatable bonds is 1. The van der Waals surface area contributed by atoms with Crippen LogP contribution in [0, 0.1) is 5.41 Å². The lowest BCUT2D eigenvalue weighted by Gasteiger charge is -2.29. The third-order valence-corrected chi connectivity index (χ3v) is 3.02. The largest absolute Gasteiger partial charge is 0.398 e. The molecule has 0 bridgehead atoms. The summed E-state index contributed by atoms with van der Waals surface area (Å²) in [7, 11) is 0. The predicted molar refractivity (Wildman–Crippen MR) is 64.9 cm³/mol. The number of anilines is 1. The SMILES string of the molecule is CC(C)(C)[C@H](N)c1c(N)cccc1Br. The molecular formula is C11H17BrN2. The van der Waals surface area contributed by atoms with Crippen molar-refractivity contribution in [2.75, 3.05) is 5.73 Å². The van der Waals surface area contributed by atoms with Crippen molar-refractivity contribution >= 4 is 21.6 Å². The standard InChI is InChI=1S/C11H17BrN2/c1-11(2,3)10(14)9-7(12)5-4-6-8(9)13/h4-6,10H,13-14H2,1-3H3/t10-/m1/s1. The zero-order chi connectivity index (χ0) is 10.9. The monoisotopic (exact) mass is 256 g/mol. The summed E-state index contributed by atoms with van der Waals surface area (Å²) in [5.41, 5.74) is 13.8. The topological polar surface area (TPSA) is 52.0 Å². The molecule has 3 heteroatoms. The number of hydrogen-bond acceptors (Lipinski definition) is 2. The van der Waals surface area contributed by atoms with Gasteiger partial charge in [-0.25, -0.2) is 0 Å². The molecule has 0 fully saturated rings. The number of nitrogens with two attached hydrogens (primary N) is 2. The molecule has 0 saturated heterocycles. The van der Waals surface area contributed by atoms with Crippen molar-refractivity contribution in [3.8, 4) is 0 Å². The molecule has 0 saturated carbocycles. The van der Waals surface area contributed by atoms with E-state index in [1.54, 1.807) is 0 Å². The first-order valence-electron chi connectivity index (χ1n) is 4.63. The van der Waals surface area contributed by atoms with E-state index < -0.39 is 0 Å². The molecule has 78 valence electrons. The summed E-state index contributed by atoms with van der Waals surface area (Å²) in [5.74, 6) is 0. The Morgan fingerprint density at radius 2 is 1.86 bits per heavy atom. The highest BCUT2D eigenvalue weighted by Crippen LogP contribution is 2.37. The summed E-state index contributed by atoms with van der Waals surface area (Å²) in [6, 6.07) is 5.71. The Morgan fingerprint density at radius 1 is 1.29 bits per heavy atom. The molecule has 2 nitrogen and oxygen atoms in total. The lowest BCUT2D eigenvalue weighted by atomic mass is 9.82. The van der Waals surface area contributed by atoms with Crippen LogP contribution >= 0.6 is 15.9 Å². The van der Waals surface area contributed by atoms with Gasteiger partial charge in [-0.05, 0) is 17.5 Å². The zero-order valence-corrected chi connectivity index (χ0v) is 10.4. The van der Waals surface area contributed by atoms with Crippen molar-refractivity contribution < 1.29 is 0 Å². The Labute approximate surface area is 93.8 Å². The Balaban J connectivity index is 3.19. The molecule has 4 N–H and O–H groups in total. The molecule has 1 aromatic rings. The summed E-state index contributed by atoms with van der Waals surface area (Å²) in [5, 5.41) is 0. The number of hydrogen-bond donors (Lipinski definition) is 2. The highest BCUT2D eigenvalue weighted by molar-refractivity contribution is 9.10. The summed E-state index contributed by atoms with van der Waals surface area (Å²) < 4.78 is 0.986. The van der Waals surface area contributed by atoms with Gasteiger partial charge >= 0.3 is 0 Å². The average molecular weight is 257 g/mol. The smallest absolute Gasteiger partial charge is 0.0375 e. The average Bonchev–Trinajstić information content (AvgIpc) is 2.01. The molecule has 0 spiro atoms. The van der Waals surface area contributed by atoms with E-state index in [0.29, 0.717) is 0 Å². The van der Waals surface area contributed by atoms with Crippen LogP contribution in [0.15, 0.2) is 22.7 Å². The minimum Gasteiger partial charge on any atom is -0.398 e. The van der Waals surface area contributed by atoms with Gasteiger partial charge < -0.3 is 11.5 Å².